The third kappa shape index (κ3) is 3.03. The van der Waals surface area contributed by atoms with Crippen LogP contribution in [0.3, 0.4) is 0 Å². The second-order valence-corrected chi connectivity index (χ2v) is 9.16. The molecular weight excluding hydrogens is 336 g/mol. The maximum atomic E-state index is 12.4. The van der Waals surface area contributed by atoms with Gasteiger partial charge in [0, 0.05) is 24.5 Å². The molecule has 134 valence electrons. The number of furan rings is 1. The highest BCUT2D eigenvalue weighted by Crippen LogP contribution is 2.46. The Labute approximate surface area is 149 Å². The molecule has 0 aliphatic carbocycles. The number of benzene rings is 1. The molecule has 2 atom stereocenters. The van der Waals surface area contributed by atoms with Gasteiger partial charge in [0.05, 0.1) is 19.1 Å². The predicted molar refractivity (Wildman–Crippen MR) is 96.7 cm³/mol. The monoisotopic (exact) mass is 360 g/mol. The minimum absolute atomic E-state index is 0.0198. The summed E-state index contributed by atoms with van der Waals surface area (Å²) >= 11 is 0. The van der Waals surface area contributed by atoms with Crippen molar-refractivity contribution < 1.29 is 12.8 Å². The van der Waals surface area contributed by atoms with E-state index in [1.54, 1.807) is 10.6 Å². The molecule has 2 fully saturated rings. The van der Waals surface area contributed by atoms with E-state index in [2.05, 4.69) is 29.2 Å². The van der Waals surface area contributed by atoms with Crippen molar-refractivity contribution >= 4 is 10.0 Å². The van der Waals surface area contributed by atoms with Crippen LogP contribution >= 0.6 is 0 Å². The molecule has 4 rings (SSSR count). The number of hydrogen-bond donors (Lipinski definition) is 0. The first-order valence-corrected chi connectivity index (χ1v) is 10.6. The molecular formula is C19H24N2O3S. The molecule has 25 heavy (non-hydrogen) atoms. The summed E-state index contributed by atoms with van der Waals surface area (Å²) < 4.78 is 31.9. The number of piperidine rings is 1. The molecule has 0 bridgehead atoms. The van der Waals surface area contributed by atoms with Gasteiger partial charge < -0.3 is 4.42 Å². The molecule has 0 unspecified atom stereocenters. The van der Waals surface area contributed by atoms with Crippen molar-refractivity contribution in [3.05, 3.63) is 60.1 Å². The number of rotatable bonds is 4. The van der Waals surface area contributed by atoms with Gasteiger partial charge in [-0.2, -0.15) is 4.31 Å². The van der Waals surface area contributed by atoms with E-state index in [4.69, 9.17) is 4.42 Å². The summed E-state index contributed by atoms with van der Waals surface area (Å²) in [4.78, 5) is 2.31. The molecule has 0 radical (unpaired) electrons. The van der Waals surface area contributed by atoms with Crippen LogP contribution in [0.5, 0.6) is 0 Å². The lowest BCUT2D eigenvalue weighted by Gasteiger charge is -2.46. The van der Waals surface area contributed by atoms with Crippen LogP contribution in [0.1, 0.15) is 24.2 Å². The number of fused-ring (bicyclic) bond motifs is 1. The van der Waals surface area contributed by atoms with Crippen molar-refractivity contribution in [2.75, 3.05) is 25.9 Å². The summed E-state index contributed by atoms with van der Waals surface area (Å²) in [5.41, 5.74) is 1.19. The summed E-state index contributed by atoms with van der Waals surface area (Å²) in [5.74, 6) is 0.927. The van der Waals surface area contributed by atoms with Crippen LogP contribution in [0, 0.1) is 0 Å². The normalized spacial score (nSPS) is 28.1. The minimum atomic E-state index is -3.22. The zero-order chi connectivity index (χ0) is 17.5. The fraction of sp³-hybridized carbons (Fsp3) is 0.474. The highest BCUT2D eigenvalue weighted by atomic mass is 32.2. The molecule has 0 saturated carbocycles. The average molecular weight is 360 g/mol. The van der Waals surface area contributed by atoms with E-state index in [0.717, 1.165) is 38.2 Å². The van der Waals surface area contributed by atoms with Crippen LogP contribution in [0.2, 0.25) is 0 Å². The molecule has 1 aromatic carbocycles. The van der Waals surface area contributed by atoms with Crippen molar-refractivity contribution in [1.29, 1.82) is 0 Å². The van der Waals surface area contributed by atoms with Crippen molar-refractivity contribution in [2.24, 2.45) is 0 Å². The van der Waals surface area contributed by atoms with E-state index in [-0.39, 0.29) is 11.5 Å². The molecule has 2 aromatic rings. The topological polar surface area (TPSA) is 53.8 Å². The minimum Gasteiger partial charge on any atom is -0.468 e. The lowest BCUT2D eigenvalue weighted by atomic mass is 9.69. The van der Waals surface area contributed by atoms with Gasteiger partial charge in [-0.25, -0.2) is 8.42 Å². The molecule has 0 spiro atoms. The standard InChI is InChI=1S/C19H24N2O3S/c1-25(22,23)21-12-10-19(16-6-3-2-4-7-16)9-11-20(15-18(19)21)14-17-8-5-13-24-17/h2-8,13,18H,9-12,14-15H2,1H3/t18-,19+/m0/s1. The summed E-state index contributed by atoms with van der Waals surface area (Å²) in [6.45, 7) is 3.02. The quantitative estimate of drug-likeness (QED) is 0.840. The van der Waals surface area contributed by atoms with Crippen LogP contribution in [0.15, 0.2) is 53.1 Å². The highest BCUT2D eigenvalue weighted by molar-refractivity contribution is 7.88. The first-order valence-electron chi connectivity index (χ1n) is 8.76. The number of sulfonamides is 1. The number of nitrogens with zero attached hydrogens (tertiary/aromatic N) is 2. The van der Waals surface area contributed by atoms with E-state index in [1.165, 1.54) is 11.8 Å². The highest BCUT2D eigenvalue weighted by Gasteiger charge is 2.53. The lowest BCUT2D eigenvalue weighted by Crippen LogP contribution is -2.56. The lowest BCUT2D eigenvalue weighted by molar-refractivity contribution is 0.105. The molecule has 0 amide bonds. The molecule has 6 heteroatoms. The predicted octanol–water partition coefficient (Wildman–Crippen LogP) is 2.46. The van der Waals surface area contributed by atoms with Crippen LogP contribution in [-0.4, -0.2) is 49.6 Å². The van der Waals surface area contributed by atoms with Crippen molar-refractivity contribution in [2.45, 2.75) is 30.8 Å². The third-order valence-corrected chi connectivity index (χ3v) is 7.09. The maximum Gasteiger partial charge on any atom is 0.211 e. The Morgan fingerprint density at radius 1 is 1.12 bits per heavy atom. The van der Waals surface area contributed by atoms with Crippen molar-refractivity contribution in [3.8, 4) is 0 Å². The van der Waals surface area contributed by atoms with Crippen LogP contribution in [0.4, 0.5) is 0 Å². The average Bonchev–Trinajstić information content (AvgIpc) is 3.23. The van der Waals surface area contributed by atoms with Gasteiger partial charge in [-0.1, -0.05) is 30.3 Å². The molecule has 1 aromatic heterocycles. The van der Waals surface area contributed by atoms with Crippen molar-refractivity contribution in [1.82, 2.24) is 9.21 Å². The Morgan fingerprint density at radius 3 is 2.56 bits per heavy atom. The van der Waals surface area contributed by atoms with E-state index < -0.39 is 10.0 Å². The third-order valence-electron chi connectivity index (χ3n) is 5.80. The van der Waals surface area contributed by atoms with E-state index >= 15 is 0 Å². The molecule has 2 aliphatic heterocycles. The van der Waals surface area contributed by atoms with Gasteiger partial charge in [0.25, 0.3) is 0 Å². The molecule has 2 saturated heterocycles. The largest absolute Gasteiger partial charge is 0.468 e. The second kappa shape index (κ2) is 6.27. The van der Waals surface area contributed by atoms with E-state index in [9.17, 15) is 8.42 Å². The number of likely N-dealkylation sites (tertiary alicyclic amines) is 1. The first-order chi connectivity index (χ1) is 12.0. The molecule has 0 N–H and O–H groups in total. The Kier molecular flexibility index (Phi) is 4.22. The van der Waals surface area contributed by atoms with Crippen molar-refractivity contribution in [3.63, 3.8) is 0 Å². The summed E-state index contributed by atoms with van der Waals surface area (Å²) in [6, 6.07) is 14.3. The van der Waals surface area contributed by atoms with E-state index in [0.29, 0.717) is 6.54 Å². The molecule has 5 nitrogen and oxygen atoms in total. The Morgan fingerprint density at radius 2 is 1.88 bits per heavy atom. The van der Waals surface area contributed by atoms with Gasteiger partial charge in [-0.15, -0.1) is 0 Å². The fourth-order valence-corrected chi connectivity index (χ4v) is 5.73. The van der Waals surface area contributed by atoms with E-state index in [1.807, 2.05) is 18.2 Å². The summed E-state index contributed by atoms with van der Waals surface area (Å²) in [5, 5.41) is 0. The first kappa shape index (κ1) is 16.8. The van der Waals surface area contributed by atoms with Gasteiger partial charge in [-0.05, 0) is 37.1 Å². The van der Waals surface area contributed by atoms with Gasteiger partial charge >= 0.3 is 0 Å². The van der Waals surface area contributed by atoms with Gasteiger partial charge in [0.15, 0.2) is 0 Å². The smallest absolute Gasteiger partial charge is 0.211 e. The SMILES string of the molecule is CS(=O)(=O)N1CC[C@@]2(c3ccccc3)CCN(Cc3ccco3)C[C@H]12. The van der Waals surface area contributed by atoms with Crippen LogP contribution in [-0.2, 0) is 22.0 Å². The number of hydrogen-bond acceptors (Lipinski definition) is 4. The van der Waals surface area contributed by atoms with Crippen LogP contribution in [0.25, 0.3) is 0 Å². The Hall–Kier alpha value is -1.63. The van der Waals surface area contributed by atoms with Gasteiger partial charge in [-0.3, -0.25) is 4.90 Å². The van der Waals surface area contributed by atoms with Gasteiger partial charge in [0.1, 0.15) is 5.76 Å². The summed E-state index contributed by atoms with van der Waals surface area (Å²) in [7, 11) is -3.22. The fourth-order valence-electron chi connectivity index (χ4n) is 4.57. The van der Waals surface area contributed by atoms with Gasteiger partial charge in [0.2, 0.25) is 10.0 Å². The second-order valence-electron chi connectivity index (χ2n) is 7.23. The zero-order valence-corrected chi connectivity index (χ0v) is 15.3. The summed E-state index contributed by atoms with van der Waals surface area (Å²) in [6.07, 6.45) is 4.88. The Balaban J connectivity index is 1.66. The molecule has 3 heterocycles. The molecule has 2 aliphatic rings. The van der Waals surface area contributed by atoms with Crippen LogP contribution < -0.4 is 0 Å². The Bertz CT molecular complexity index is 820. The maximum absolute atomic E-state index is 12.4. The zero-order valence-electron chi connectivity index (χ0n) is 14.5.